The van der Waals surface area contributed by atoms with E-state index >= 15 is 0 Å². The molecular weight excluding hydrogens is 296 g/mol. The summed E-state index contributed by atoms with van der Waals surface area (Å²) in [4.78, 5) is 12.0. The number of ketones is 1. The summed E-state index contributed by atoms with van der Waals surface area (Å²) in [5.74, 6) is -1.77. The first-order valence-corrected chi connectivity index (χ1v) is 7.75. The van der Waals surface area contributed by atoms with E-state index in [1.807, 2.05) is 27.7 Å². The lowest BCUT2D eigenvalue weighted by Crippen LogP contribution is -2.19. The number of hydrogen-bond donors (Lipinski definition) is 0. The van der Waals surface area contributed by atoms with Crippen molar-refractivity contribution in [1.82, 2.24) is 0 Å². The van der Waals surface area contributed by atoms with Gasteiger partial charge in [-0.3, -0.25) is 4.79 Å². The van der Waals surface area contributed by atoms with E-state index in [1.54, 1.807) is 0 Å². The van der Waals surface area contributed by atoms with E-state index in [-0.39, 0.29) is 23.2 Å². The molecule has 0 spiro atoms. The number of halogens is 2. The van der Waals surface area contributed by atoms with Gasteiger partial charge in [-0.25, -0.2) is 8.78 Å². The summed E-state index contributed by atoms with van der Waals surface area (Å²) < 4.78 is 29.0. The lowest BCUT2D eigenvalue weighted by molar-refractivity contribution is -0.435. The van der Waals surface area contributed by atoms with Crippen LogP contribution in [-0.4, -0.2) is 23.1 Å². The summed E-state index contributed by atoms with van der Waals surface area (Å²) in [6.45, 7) is 17.8. The minimum Gasteiger partial charge on any atom is -0.287 e. The molecule has 2 nitrogen and oxygen atoms in total. The molecule has 0 radical (unpaired) electrons. The summed E-state index contributed by atoms with van der Waals surface area (Å²) >= 11 is 0. The summed E-state index contributed by atoms with van der Waals surface area (Å²) in [7, 11) is 0. The summed E-state index contributed by atoms with van der Waals surface area (Å²) in [6.07, 6.45) is 4.42. The van der Waals surface area contributed by atoms with Crippen molar-refractivity contribution in [3.05, 3.63) is 59.8 Å². The molecule has 0 saturated heterocycles. The minimum absolute atomic E-state index is 0.117. The zero-order chi connectivity index (χ0) is 18.6. The molecule has 0 aromatic heterocycles. The standard InChI is InChI=1S/C15H16F2NO.2C2H6/c1-5-7-18(6-2)9-14(19)12-8-13(16)10(3)11(4)15(12)17;2*1-2/h5-8H,1-2,9H2,3-4H3;2*1-2H3/q+1;;. The van der Waals surface area contributed by atoms with Crippen LogP contribution in [0.2, 0.25) is 0 Å². The Kier molecular flexibility index (Phi) is 12.5. The van der Waals surface area contributed by atoms with Gasteiger partial charge in [-0.15, -0.1) is 0 Å². The highest BCUT2D eigenvalue weighted by Gasteiger charge is 2.20. The first-order valence-electron chi connectivity index (χ1n) is 7.75. The normalized spacial score (nSPS) is 9.83. The Balaban J connectivity index is 0. The second-order valence-electron chi connectivity index (χ2n) is 4.13. The summed E-state index contributed by atoms with van der Waals surface area (Å²) in [5, 5.41) is 0. The molecule has 0 heterocycles. The van der Waals surface area contributed by atoms with Gasteiger partial charge in [0.05, 0.1) is 5.56 Å². The highest BCUT2D eigenvalue weighted by Crippen LogP contribution is 2.20. The summed E-state index contributed by atoms with van der Waals surface area (Å²) in [6, 6.07) is 0.940. The number of hydrogen-bond acceptors (Lipinski definition) is 1. The molecule has 0 aliphatic rings. The van der Waals surface area contributed by atoms with Crippen molar-refractivity contribution in [1.29, 1.82) is 0 Å². The molecule has 0 atom stereocenters. The Morgan fingerprint density at radius 2 is 1.65 bits per heavy atom. The number of carbonyl (C=O) groups is 1. The van der Waals surface area contributed by atoms with Gasteiger partial charge in [-0.1, -0.05) is 34.3 Å². The molecule has 1 aromatic rings. The van der Waals surface area contributed by atoms with Crippen LogP contribution in [0.15, 0.2) is 31.5 Å². The second-order valence-corrected chi connectivity index (χ2v) is 4.13. The van der Waals surface area contributed by atoms with Crippen LogP contribution < -0.4 is 0 Å². The number of benzene rings is 1. The van der Waals surface area contributed by atoms with Gasteiger partial charge in [0.1, 0.15) is 11.6 Å². The molecule has 1 aromatic carbocycles. The fraction of sp³-hybridized carbons (Fsp3) is 0.368. The molecule has 0 unspecified atom stereocenters. The van der Waals surface area contributed by atoms with Crippen LogP contribution in [0.5, 0.6) is 0 Å². The van der Waals surface area contributed by atoms with Gasteiger partial charge in [-0.2, -0.15) is 4.58 Å². The first kappa shape index (κ1) is 23.2. The molecule has 0 aliphatic heterocycles. The van der Waals surface area contributed by atoms with Crippen molar-refractivity contribution in [3.8, 4) is 0 Å². The monoisotopic (exact) mass is 324 g/mol. The molecule has 0 fully saturated rings. The topological polar surface area (TPSA) is 20.1 Å². The van der Waals surface area contributed by atoms with Gasteiger partial charge >= 0.3 is 0 Å². The summed E-state index contributed by atoms with van der Waals surface area (Å²) in [5.41, 5.74) is 0.124. The van der Waals surface area contributed by atoms with E-state index in [0.29, 0.717) is 0 Å². The lowest BCUT2D eigenvalue weighted by Gasteiger charge is -2.07. The molecule has 128 valence electrons. The van der Waals surface area contributed by atoms with E-state index in [4.69, 9.17) is 0 Å². The molecule has 4 heteroatoms. The minimum atomic E-state index is -0.675. The van der Waals surface area contributed by atoms with Crippen LogP contribution in [0.3, 0.4) is 0 Å². The van der Waals surface area contributed by atoms with Crippen molar-refractivity contribution < 1.29 is 18.2 Å². The molecule has 23 heavy (non-hydrogen) atoms. The predicted octanol–water partition coefficient (Wildman–Crippen LogP) is 5.23. The van der Waals surface area contributed by atoms with E-state index < -0.39 is 17.4 Å². The zero-order valence-corrected chi connectivity index (χ0v) is 15.0. The first-order chi connectivity index (χ1) is 10.9. The van der Waals surface area contributed by atoms with Crippen molar-refractivity contribution in [2.24, 2.45) is 0 Å². The van der Waals surface area contributed by atoms with Crippen LogP contribution in [-0.2, 0) is 0 Å². The van der Waals surface area contributed by atoms with Crippen LogP contribution >= 0.6 is 0 Å². The van der Waals surface area contributed by atoms with Crippen LogP contribution in [0.25, 0.3) is 0 Å². The maximum atomic E-state index is 14.0. The van der Waals surface area contributed by atoms with E-state index in [0.717, 1.165) is 6.07 Å². The molecule has 0 aliphatic carbocycles. The number of nitrogens with zero attached hydrogens (tertiary/aromatic N) is 1. The molecular formula is C19H28F2NO+. The van der Waals surface area contributed by atoms with E-state index in [9.17, 15) is 13.6 Å². The maximum Gasteiger partial charge on any atom is 0.230 e. The molecule has 0 bridgehead atoms. The average molecular weight is 324 g/mol. The highest BCUT2D eigenvalue weighted by molar-refractivity contribution is 5.97. The van der Waals surface area contributed by atoms with E-state index in [1.165, 1.54) is 36.9 Å². The Labute approximate surface area is 138 Å². The Morgan fingerprint density at radius 3 is 2.09 bits per heavy atom. The SMILES string of the molecule is C=CC=[N+](C=C)CC(=O)c1cc(F)c(C)c(C)c1F.CC.CC. The Morgan fingerprint density at radius 1 is 1.13 bits per heavy atom. The number of carbonyl (C=O) groups excluding carboxylic acids is 1. The smallest absolute Gasteiger partial charge is 0.230 e. The Hall–Kier alpha value is -2.10. The third-order valence-electron chi connectivity index (χ3n) is 2.92. The van der Waals surface area contributed by atoms with Gasteiger partial charge in [0.2, 0.25) is 12.3 Å². The van der Waals surface area contributed by atoms with Gasteiger partial charge in [-0.05, 0) is 43.7 Å². The van der Waals surface area contributed by atoms with Crippen LogP contribution in [0.1, 0.15) is 49.2 Å². The number of Topliss-reactive ketones (excluding diaryl/α,β-unsaturated/α-hetero) is 1. The Bertz CT molecular complexity index is 575. The third kappa shape index (κ3) is 6.68. The van der Waals surface area contributed by atoms with Crippen molar-refractivity contribution >= 4 is 12.0 Å². The van der Waals surface area contributed by atoms with Gasteiger partial charge in [0.15, 0.2) is 12.4 Å². The number of allylic oxidation sites excluding steroid dienone is 1. The molecule has 0 N–H and O–H groups in total. The van der Waals surface area contributed by atoms with E-state index in [2.05, 4.69) is 13.2 Å². The molecule has 1 rings (SSSR count). The zero-order valence-electron chi connectivity index (χ0n) is 15.0. The number of rotatable bonds is 5. The molecule has 0 saturated carbocycles. The largest absolute Gasteiger partial charge is 0.287 e. The quantitative estimate of drug-likeness (QED) is 0.412. The third-order valence-corrected chi connectivity index (χ3v) is 2.92. The lowest BCUT2D eigenvalue weighted by atomic mass is 10.0. The fourth-order valence-electron chi connectivity index (χ4n) is 1.61. The van der Waals surface area contributed by atoms with Gasteiger partial charge in [0.25, 0.3) is 0 Å². The second kappa shape index (κ2) is 12.4. The van der Waals surface area contributed by atoms with Crippen molar-refractivity contribution in [2.45, 2.75) is 41.5 Å². The maximum absolute atomic E-state index is 14.0. The van der Waals surface area contributed by atoms with Gasteiger partial charge < -0.3 is 0 Å². The van der Waals surface area contributed by atoms with Crippen molar-refractivity contribution in [3.63, 3.8) is 0 Å². The van der Waals surface area contributed by atoms with Crippen molar-refractivity contribution in [2.75, 3.05) is 6.54 Å². The van der Waals surface area contributed by atoms with Crippen LogP contribution in [0.4, 0.5) is 8.78 Å². The highest BCUT2D eigenvalue weighted by atomic mass is 19.1. The molecule has 0 amide bonds. The average Bonchev–Trinajstić information content (AvgIpc) is 2.59. The predicted molar refractivity (Wildman–Crippen MR) is 94.4 cm³/mol. The fourth-order valence-corrected chi connectivity index (χ4v) is 1.61. The van der Waals surface area contributed by atoms with Crippen LogP contribution in [0, 0.1) is 25.5 Å². The van der Waals surface area contributed by atoms with Gasteiger partial charge in [0, 0.05) is 0 Å².